The van der Waals surface area contributed by atoms with Gasteiger partial charge in [0.2, 0.25) is 0 Å². The van der Waals surface area contributed by atoms with Crippen molar-refractivity contribution in [3.63, 3.8) is 0 Å². The SMILES string of the molecule is COc1ccc(F)c(OC2CC2)c1. The van der Waals surface area contributed by atoms with Crippen molar-refractivity contribution in [1.29, 1.82) is 0 Å². The first-order valence-electron chi connectivity index (χ1n) is 4.30. The maximum atomic E-state index is 13.1. The predicted molar refractivity (Wildman–Crippen MR) is 46.6 cm³/mol. The maximum Gasteiger partial charge on any atom is 0.165 e. The maximum absolute atomic E-state index is 13.1. The number of ether oxygens (including phenoxy) is 2. The Kier molecular flexibility index (Phi) is 2.08. The predicted octanol–water partition coefficient (Wildman–Crippen LogP) is 2.38. The molecule has 70 valence electrons. The first-order valence-corrected chi connectivity index (χ1v) is 4.30. The highest BCUT2D eigenvalue weighted by Crippen LogP contribution is 2.30. The molecule has 1 aliphatic carbocycles. The lowest BCUT2D eigenvalue weighted by molar-refractivity contribution is 0.285. The van der Waals surface area contributed by atoms with Gasteiger partial charge in [0.25, 0.3) is 0 Å². The number of hydrogen-bond acceptors (Lipinski definition) is 2. The van der Waals surface area contributed by atoms with Crippen molar-refractivity contribution in [2.24, 2.45) is 0 Å². The monoisotopic (exact) mass is 182 g/mol. The summed E-state index contributed by atoms with van der Waals surface area (Å²) in [6.07, 6.45) is 2.26. The van der Waals surface area contributed by atoms with E-state index in [2.05, 4.69) is 0 Å². The van der Waals surface area contributed by atoms with E-state index in [-0.39, 0.29) is 11.9 Å². The van der Waals surface area contributed by atoms with E-state index >= 15 is 0 Å². The molecule has 1 aliphatic rings. The summed E-state index contributed by atoms with van der Waals surface area (Å²) < 4.78 is 23.4. The molecule has 0 heterocycles. The molecule has 13 heavy (non-hydrogen) atoms. The van der Waals surface area contributed by atoms with E-state index in [9.17, 15) is 4.39 Å². The van der Waals surface area contributed by atoms with Gasteiger partial charge in [-0.25, -0.2) is 4.39 Å². The number of halogens is 1. The normalized spacial score (nSPS) is 15.5. The van der Waals surface area contributed by atoms with Crippen LogP contribution in [0.15, 0.2) is 18.2 Å². The summed E-state index contributed by atoms with van der Waals surface area (Å²) >= 11 is 0. The summed E-state index contributed by atoms with van der Waals surface area (Å²) in [7, 11) is 1.55. The van der Waals surface area contributed by atoms with Crippen molar-refractivity contribution in [2.45, 2.75) is 18.9 Å². The number of rotatable bonds is 3. The van der Waals surface area contributed by atoms with E-state index in [1.165, 1.54) is 6.07 Å². The third kappa shape index (κ3) is 1.91. The van der Waals surface area contributed by atoms with Gasteiger partial charge in [-0.1, -0.05) is 0 Å². The zero-order valence-electron chi connectivity index (χ0n) is 7.42. The average molecular weight is 182 g/mol. The molecule has 3 heteroatoms. The fraction of sp³-hybridized carbons (Fsp3) is 0.400. The summed E-state index contributed by atoms with van der Waals surface area (Å²) in [5.41, 5.74) is 0. The highest BCUT2D eigenvalue weighted by molar-refractivity contribution is 5.34. The molecule has 0 aliphatic heterocycles. The lowest BCUT2D eigenvalue weighted by Gasteiger charge is -2.07. The van der Waals surface area contributed by atoms with E-state index in [1.54, 1.807) is 19.2 Å². The fourth-order valence-electron chi connectivity index (χ4n) is 1.07. The van der Waals surface area contributed by atoms with Crippen molar-refractivity contribution < 1.29 is 13.9 Å². The van der Waals surface area contributed by atoms with Crippen molar-refractivity contribution in [2.75, 3.05) is 7.11 Å². The van der Waals surface area contributed by atoms with Crippen LogP contribution in [-0.4, -0.2) is 13.2 Å². The van der Waals surface area contributed by atoms with Gasteiger partial charge in [-0.15, -0.1) is 0 Å². The second-order valence-electron chi connectivity index (χ2n) is 3.11. The Morgan fingerprint density at radius 3 is 2.77 bits per heavy atom. The van der Waals surface area contributed by atoms with Gasteiger partial charge in [-0.3, -0.25) is 0 Å². The third-order valence-electron chi connectivity index (χ3n) is 1.96. The smallest absolute Gasteiger partial charge is 0.165 e. The highest BCUT2D eigenvalue weighted by Gasteiger charge is 2.24. The Balaban J connectivity index is 2.19. The Bertz CT molecular complexity index is 308. The zero-order valence-corrected chi connectivity index (χ0v) is 7.42. The lowest BCUT2D eigenvalue weighted by atomic mass is 10.3. The summed E-state index contributed by atoms with van der Waals surface area (Å²) in [5, 5.41) is 0. The molecule has 2 rings (SSSR count). The van der Waals surface area contributed by atoms with Crippen LogP contribution < -0.4 is 9.47 Å². The molecule has 0 N–H and O–H groups in total. The largest absolute Gasteiger partial charge is 0.497 e. The molecule has 0 bridgehead atoms. The van der Waals surface area contributed by atoms with Crippen LogP contribution in [0.25, 0.3) is 0 Å². The Hall–Kier alpha value is -1.25. The van der Waals surface area contributed by atoms with Gasteiger partial charge in [0.05, 0.1) is 13.2 Å². The fourth-order valence-corrected chi connectivity index (χ4v) is 1.07. The summed E-state index contributed by atoms with van der Waals surface area (Å²) in [5.74, 6) is 0.589. The number of benzene rings is 1. The Labute approximate surface area is 76.3 Å². The first kappa shape index (κ1) is 8.35. The molecule has 1 aromatic carbocycles. The van der Waals surface area contributed by atoms with Crippen LogP contribution in [0.4, 0.5) is 4.39 Å². The zero-order chi connectivity index (χ0) is 9.26. The molecule has 0 amide bonds. The second-order valence-corrected chi connectivity index (χ2v) is 3.11. The molecule has 0 atom stereocenters. The molecular formula is C10H11FO2. The van der Waals surface area contributed by atoms with Crippen LogP contribution in [0.2, 0.25) is 0 Å². The van der Waals surface area contributed by atoms with E-state index < -0.39 is 0 Å². The standard InChI is InChI=1S/C10H11FO2/c1-12-8-4-5-9(11)10(6-8)13-7-2-3-7/h4-7H,2-3H2,1H3. The van der Waals surface area contributed by atoms with Crippen molar-refractivity contribution in [1.82, 2.24) is 0 Å². The molecule has 0 aromatic heterocycles. The van der Waals surface area contributed by atoms with Crippen LogP contribution in [0.3, 0.4) is 0 Å². The van der Waals surface area contributed by atoms with Crippen LogP contribution in [0, 0.1) is 5.82 Å². The van der Waals surface area contributed by atoms with Gasteiger partial charge in [0.15, 0.2) is 11.6 Å². The van der Waals surface area contributed by atoms with Gasteiger partial charge in [0, 0.05) is 6.07 Å². The first-order chi connectivity index (χ1) is 6.29. The third-order valence-corrected chi connectivity index (χ3v) is 1.96. The van der Waals surface area contributed by atoms with Gasteiger partial charge < -0.3 is 9.47 Å². The lowest BCUT2D eigenvalue weighted by Crippen LogP contribution is -1.98. The van der Waals surface area contributed by atoms with Gasteiger partial charge in [-0.2, -0.15) is 0 Å². The molecule has 1 aromatic rings. The molecule has 1 saturated carbocycles. The van der Waals surface area contributed by atoms with E-state index in [4.69, 9.17) is 9.47 Å². The Morgan fingerprint density at radius 1 is 1.38 bits per heavy atom. The van der Waals surface area contributed by atoms with Gasteiger partial charge in [0.1, 0.15) is 5.75 Å². The topological polar surface area (TPSA) is 18.5 Å². The number of methoxy groups -OCH3 is 1. The minimum absolute atomic E-state index is 0.210. The van der Waals surface area contributed by atoms with Crippen LogP contribution in [0.1, 0.15) is 12.8 Å². The molecule has 0 unspecified atom stereocenters. The van der Waals surface area contributed by atoms with Crippen molar-refractivity contribution >= 4 is 0 Å². The molecule has 0 saturated heterocycles. The van der Waals surface area contributed by atoms with Crippen LogP contribution in [-0.2, 0) is 0 Å². The molecule has 1 fully saturated rings. The van der Waals surface area contributed by atoms with E-state index in [0.717, 1.165) is 12.8 Å². The minimum Gasteiger partial charge on any atom is -0.497 e. The average Bonchev–Trinajstić information content (AvgIpc) is 2.93. The van der Waals surface area contributed by atoms with Crippen molar-refractivity contribution in [3.05, 3.63) is 24.0 Å². The molecule has 0 radical (unpaired) electrons. The molecule has 2 nitrogen and oxygen atoms in total. The van der Waals surface area contributed by atoms with Gasteiger partial charge in [-0.05, 0) is 25.0 Å². The summed E-state index contributed by atoms with van der Waals surface area (Å²) in [4.78, 5) is 0. The van der Waals surface area contributed by atoms with Crippen LogP contribution in [0.5, 0.6) is 11.5 Å². The Morgan fingerprint density at radius 2 is 2.15 bits per heavy atom. The van der Waals surface area contributed by atoms with Gasteiger partial charge >= 0.3 is 0 Å². The van der Waals surface area contributed by atoms with Crippen molar-refractivity contribution in [3.8, 4) is 11.5 Å². The van der Waals surface area contributed by atoms with Crippen LogP contribution >= 0.6 is 0 Å². The minimum atomic E-state index is -0.326. The van der Waals surface area contributed by atoms with E-state index in [1.807, 2.05) is 0 Å². The summed E-state index contributed by atoms with van der Waals surface area (Å²) in [6.45, 7) is 0. The highest BCUT2D eigenvalue weighted by atomic mass is 19.1. The number of hydrogen-bond donors (Lipinski definition) is 0. The van der Waals surface area contributed by atoms with E-state index in [0.29, 0.717) is 11.5 Å². The quantitative estimate of drug-likeness (QED) is 0.714. The summed E-state index contributed by atoms with van der Waals surface area (Å²) in [6, 6.07) is 4.51. The second kappa shape index (κ2) is 3.24. The molecular weight excluding hydrogens is 171 g/mol. The molecule has 0 spiro atoms.